The molecule has 0 spiro atoms. The second kappa shape index (κ2) is 21.7. The summed E-state index contributed by atoms with van der Waals surface area (Å²) in [6.45, 7) is 11.1. The molecule has 4 atom stereocenters. The highest BCUT2D eigenvalue weighted by Crippen LogP contribution is 2.05. The van der Waals surface area contributed by atoms with Crippen LogP contribution in [0.15, 0.2) is 24.3 Å². The Bertz CT molecular complexity index is 737. The van der Waals surface area contributed by atoms with Crippen LogP contribution in [-0.2, 0) is 28.5 Å². The number of rotatable bonds is 25. The van der Waals surface area contributed by atoms with Crippen molar-refractivity contribution in [3.05, 3.63) is 24.3 Å². The Hall–Kier alpha value is -1.98. The van der Waals surface area contributed by atoms with E-state index < -0.39 is 41.9 Å². The Morgan fingerprint density at radius 2 is 0.975 bits per heavy atom. The van der Waals surface area contributed by atoms with Crippen LogP contribution in [-0.4, -0.2) is 149 Å². The Morgan fingerprint density at radius 1 is 0.650 bits per heavy atom. The van der Waals surface area contributed by atoms with Crippen LogP contribution in [0.25, 0.3) is 0 Å². The van der Waals surface area contributed by atoms with Gasteiger partial charge in [0.2, 0.25) is 0 Å². The minimum Gasteiger partial charge on any atom is -0.460 e. The van der Waals surface area contributed by atoms with Crippen LogP contribution >= 0.6 is 0 Å². The van der Waals surface area contributed by atoms with Gasteiger partial charge < -0.3 is 60.6 Å². The molecule has 40 heavy (non-hydrogen) atoms. The van der Waals surface area contributed by atoms with Crippen LogP contribution < -0.4 is 21.3 Å². The van der Waals surface area contributed by atoms with Gasteiger partial charge in [0.05, 0.1) is 31.0 Å². The number of hydrogen-bond donors (Lipinski definition) is 8. The van der Waals surface area contributed by atoms with Crippen molar-refractivity contribution in [2.75, 3.05) is 86.5 Å². The minimum atomic E-state index is -1.05. The molecule has 0 saturated carbocycles. The maximum atomic E-state index is 11.7. The summed E-state index contributed by atoms with van der Waals surface area (Å²) in [6.07, 6.45) is -3.57. The first-order chi connectivity index (χ1) is 18.9. The van der Waals surface area contributed by atoms with E-state index in [4.69, 9.17) is 18.9 Å². The number of hydrogen-bond acceptors (Lipinski definition) is 14. The Kier molecular flexibility index (Phi) is 20.6. The Balaban J connectivity index is 5.46. The molecule has 0 saturated heterocycles. The van der Waals surface area contributed by atoms with Crippen molar-refractivity contribution in [2.24, 2.45) is 0 Å². The van der Waals surface area contributed by atoms with Gasteiger partial charge in [-0.1, -0.05) is 13.2 Å². The molecule has 0 aromatic heterocycles. The molecule has 0 aromatic rings. The number of ether oxygens (including phenoxy) is 4. The summed E-state index contributed by atoms with van der Waals surface area (Å²) in [6, 6.07) is 0. The molecule has 0 aliphatic heterocycles. The highest BCUT2D eigenvalue weighted by Gasteiger charge is 2.31. The lowest BCUT2D eigenvalue weighted by atomic mass is 9.97. The van der Waals surface area contributed by atoms with Gasteiger partial charge in [0.25, 0.3) is 0 Å². The average molecular weight is 579 g/mol. The topological polar surface area (TPSA) is 200 Å². The predicted molar refractivity (Wildman–Crippen MR) is 149 cm³/mol. The van der Waals surface area contributed by atoms with Gasteiger partial charge in [-0.15, -0.1) is 0 Å². The first kappa shape index (κ1) is 38.0. The van der Waals surface area contributed by atoms with E-state index in [9.17, 15) is 30.0 Å². The van der Waals surface area contributed by atoms with Crippen LogP contribution in [0.3, 0.4) is 0 Å². The molecule has 0 aliphatic carbocycles. The van der Waals surface area contributed by atoms with Gasteiger partial charge in [-0.25, -0.2) is 9.59 Å². The Labute approximate surface area is 237 Å². The summed E-state index contributed by atoms with van der Waals surface area (Å²) < 4.78 is 20.0. The van der Waals surface area contributed by atoms with Gasteiger partial charge in [0.1, 0.15) is 25.4 Å². The molecule has 0 aliphatic rings. The van der Waals surface area contributed by atoms with E-state index in [1.54, 1.807) is 0 Å². The molecule has 8 N–H and O–H groups in total. The quantitative estimate of drug-likeness (QED) is 0.0404. The summed E-state index contributed by atoms with van der Waals surface area (Å²) in [4.78, 5) is 23.3. The Morgan fingerprint density at radius 3 is 1.30 bits per heavy atom. The van der Waals surface area contributed by atoms with Gasteiger partial charge in [-0.05, 0) is 13.8 Å². The van der Waals surface area contributed by atoms with E-state index in [0.29, 0.717) is 0 Å². The van der Waals surface area contributed by atoms with Gasteiger partial charge >= 0.3 is 11.9 Å². The van der Waals surface area contributed by atoms with Crippen molar-refractivity contribution in [1.29, 1.82) is 0 Å². The number of aliphatic hydroxyl groups is 4. The van der Waals surface area contributed by atoms with Gasteiger partial charge in [0, 0.05) is 71.2 Å². The molecule has 0 fully saturated rings. The molecule has 0 aromatic carbocycles. The van der Waals surface area contributed by atoms with Crippen molar-refractivity contribution < 1.29 is 49.0 Å². The van der Waals surface area contributed by atoms with E-state index >= 15 is 0 Å². The van der Waals surface area contributed by atoms with E-state index in [2.05, 4.69) is 34.4 Å². The molecule has 0 heterocycles. The number of carbonyl (C=O) groups excluding carboxylic acids is 2. The van der Waals surface area contributed by atoms with E-state index in [1.807, 2.05) is 0 Å². The number of carbonyl (C=O) groups is 2. The molecule has 0 bridgehead atoms. The standard InChI is InChI=1S/C26H50N4O10/c1-18(2)24(35)39-13-22(33)9-29-17-26(15-27-7-20(31)11-37-5,16-28-8-21(32)12-38-6)30-10-23(34)14-40-25(36)19(3)4/h20-23,27-34H,1,3,7-17H2,2,4-6H3. The second-order valence-electron chi connectivity index (χ2n) is 9.84. The smallest absolute Gasteiger partial charge is 0.333 e. The van der Waals surface area contributed by atoms with Crippen LogP contribution in [0.5, 0.6) is 0 Å². The number of esters is 2. The van der Waals surface area contributed by atoms with Crippen molar-refractivity contribution in [2.45, 2.75) is 43.8 Å². The van der Waals surface area contributed by atoms with Crippen molar-refractivity contribution in [3.63, 3.8) is 0 Å². The van der Waals surface area contributed by atoms with Crippen LogP contribution in [0.2, 0.25) is 0 Å². The van der Waals surface area contributed by atoms with Crippen molar-refractivity contribution in [3.8, 4) is 0 Å². The lowest BCUT2D eigenvalue weighted by Gasteiger charge is -2.37. The fourth-order valence-electron chi connectivity index (χ4n) is 3.35. The zero-order valence-electron chi connectivity index (χ0n) is 24.2. The molecular weight excluding hydrogens is 528 g/mol. The fraction of sp³-hybridized carbons (Fsp3) is 0.769. The first-order valence-corrected chi connectivity index (χ1v) is 13.1. The number of nitrogens with one attached hydrogen (secondary N) is 4. The molecule has 14 heteroatoms. The molecule has 234 valence electrons. The zero-order valence-corrected chi connectivity index (χ0v) is 24.2. The summed E-state index contributed by atoms with van der Waals surface area (Å²) in [7, 11) is 2.96. The molecule has 4 unspecified atom stereocenters. The van der Waals surface area contributed by atoms with Gasteiger partial charge in [0.15, 0.2) is 0 Å². The van der Waals surface area contributed by atoms with Gasteiger partial charge in [-0.2, -0.15) is 0 Å². The van der Waals surface area contributed by atoms with E-state index in [0.717, 1.165) is 0 Å². The average Bonchev–Trinajstić information content (AvgIpc) is 2.89. The van der Waals surface area contributed by atoms with Crippen molar-refractivity contribution >= 4 is 11.9 Å². The van der Waals surface area contributed by atoms with Crippen LogP contribution in [0.1, 0.15) is 13.8 Å². The second-order valence-corrected chi connectivity index (χ2v) is 9.84. The first-order valence-electron chi connectivity index (χ1n) is 13.1. The maximum absolute atomic E-state index is 11.7. The monoisotopic (exact) mass is 578 g/mol. The summed E-state index contributed by atoms with van der Waals surface area (Å²) in [5, 5.41) is 53.6. The number of methoxy groups -OCH3 is 2. The van der Waals surface area contributed by atoms with Gasteiger partial charge in [-0.3, -0.25) is 0 Å². The molecule has 14 nitrogen and oxygen atoms in total. The number of aliphatic hydroxyl groups excluding tert-OH is 4. The third-order valence-corrected chi connectivity index (χ3v) is 5.47. The third kappa shape index (κ3) is 18.4. The third-order valence-electron chi connectivity index (χ3n) is 5.47. The highest BCUT2D eigenvalue weighted by molar-refractivity contribution is 5.87. The van der Waals surface area contributed by atoms with E-state index in [-0.39, 0.29) is 83.4 Å². The van der Waals surface area contributed by atoms with E-state index in [1.165, 1.54) is 28.1 Å². The molecule has 0 radical (unpaired) electrons. The van der Waals surface area contributed by atoms with Crippen LogP contribution in [0, 0.1) is 0 Å². The molecule has 0 rings (SSSR count). The lowest BCUT2D eigenvalue weighted by Crippen LogP contribution is -2.65. The summed E-state index contributed by atoms with van der Waals surface area (Å²) in [5.74, 6) is -1.22. The highest BCUT2D eigenvalue weighted by atomic mass is 16.5. The predicted octanol–water partition coefficient (Wildman–Crippen LogP) is -2.94. The van der Waals surface area contributed by atoms with Crippen molar-refractivity contribution in [1.82, 2.24) is 21.3 Å². The SMILES string of the molecule is C=C(C)C(=O)OCC(O)CNCC(CNCC(O)COC)(CNCC(O)COC)NCC(O)COC(=O)C(=C)C. The lowest BCUT2D eigenvalue weighted by molar-refractivity contribution is -0.142. The normalized spacial score (nSPS) is 15.9. The summed E-state index contributed by atoms with van der Waals surface area (Å²) in [5.41, 5.74) is -0.407. The van der Waals surface area contributed by atoms with Crippen LogP contribution in [0.4, 0.5) is 0 Å². The maximum Gasteiger partial charge on any atom is 0.333 e. The molecule has 0 amide bonds. The summed E-state index contributed by atoms with van der Waals surface area (Å²) >= 11 is 0. The largest absolute Gasteiger partial charge is 0.460 e. The fourth-order valence-corrected chi connectivity index (χ4v) is 3.35. The zero-order chi connectivity index (χ0) is 30.6. The molecular formula is C26H50N4O10. The number of β-amino-alcohol motifs (C(OH)–C–C–N with tert-alkyl or cyclic N) is 1. The minimum absolute atomic E-state index is 0.0224.